The molecule has 7 amide bonds. The van der Waals surface area contributed by atoms with Gasteiger partial charge in [0, 0.05) is 52.6 Å². The van der Waals surface area contributed by atoms with Crippen molar-refractivity contribution in [1.29, 1.82) is 0 Å². The summed E-state index contributed by atoms with van der Waals surface area (Å²) in [7, 11) is 7.13. The molecule has 0 radical (unpaired) electrons. The monoisotopic (exact) mass is 1260 g/mol. The SMILES string of the molecule is COc1ccc(C(=O)N(C)[C@@H](C)C(=O)O[C@H]2CC(=O)N(C)c3cc(cc(OC)c3Cl)C/C(C)=C/C=C/[C@@H](OC)[C@]3(O)CC(=O)O[C@@H](C3)[C@@H](C)[C@@H]3O[C@@]23C)c(NC(=O)[C@H](CCCNC(N)=O)NC(=O)[C@@H](NC(=O)CCCCC(C)OC(=O)C2CCC2)C(C)C)c1. The largest absolute Gasteiger partial charge is 0.497 e. The van der Waals surface area contributed by atoms with Crippen LogP contribution in [-0.4, -0.2) is 165 Å². The molecule has 3 aliphatic heterocycles. The molecule has 0 spiro atoms. The fourth-order valence-electron chi connectivity index (χ4n) is 11.3. The van der Waals surface area contributed by atoms with Crippen molar-refractivity contribution in [3.05, 3.63) is 70.3 Å². The number of hydrogen-bond acceptors (Lipinski definition) is 17. The molecule has 2 aromatic rings. The quantitative estimate of drug-likeness (QED) is 0.0287. The summed E-state index contributed by atoms with van der Waals surface area (Å²) in [5.74, 6) is -5.54. The first-order chi connectivity index (χ1) is 42.0. The molecule has 89 heavy (non-hydrogen) atoms. The van der Waals surface area contributed by atoms with Gasteiger partial charge in [-0.15, -0.1) is 0 Å². The maximum Gasteiger partial charge on any atom is 0.328 e. The van der Waals surface area contributed by atoms with E-state index in [0.29, 0.717) is 37.1 Å². The highest BCUT2D eigenvalue weighted by molar-refractivity contribution is 6.35. The third-order valence-electron chi connectivity index (χ3n) is 17.3. The minimum atomic E-state index is -1.69. The number of nitrogens with two attached hydrogens (primary N) is 1. The van der Waals surface area contributed by atoms with Crippen LogP contribution in [0.4, 0.5) is 16.2 Å². The van der Waals surface area contributed by atoms with Gasteiger partial charge in [-0.05, 0) is 115 Å². The number of carbonyl (C=O) groups is 9. The van der Waals surface area contributed by atoms with Gasteiger partial charge in [-0.3, -0.25) is 33.6 Å². The van der Waals surface area contributed by atoms with E-state index in [1.807, 2.05) is 19.9 Å². The molecule has 6 rings (SSSR count). The second-order valence-corrected chi connectivity index (χ2v) is 24.8. The normalized spacial score (nSPS) is 25.1. The number of esters is 3. The van der Waals surface area contributed by atoms with Gasteiger partial charge in [0.2, 0.25) is 23.6 Å². The lowest BCUT2D eigenvalue weighted by molar-refractivity contribution is -0.187. The Morgan fingerprint density at radius 2 is 1.67 bits per heavy atom. The number of amides is 7. The first kappa shape index (κ1) is 70.8. The molecule has 4 aliphatic rings. The third-order valence-corrected chi connectivity index (χ3v) is 17.7. The number of allylic oxidation sites excluding steroid dienone is 3. The fraction of sp³-hybridized carbons (Fsp3) is 0.609. The summed E-state index contributed by atoms with van der Waals surface area (Å²) in [6, 6.07) is 3.20. The number of anilines is 2. The van der Waals surface area contributed by atoms with E-state index in [1.165, 1.54) is 65.4 Å². The van der Waals surface area contributed by atoms with Gasteiger partial charge in [0.25, 0.3) is 5.91 Å². The smallest absolute Gasteiger partial charge is 0.328 e. The number of halogens is 1. The predicted octanol–water partition coefficient (Wildman–Crippen LogP) is 6.39. The number of aliphatic hydroxyl groups is 1. The van der Waals surface area contributed by atoms with E-state index in [4.69, 9.17) is 50.5 Å². The average molecular weight is 1260 g/mol. The minimum absolute atomic E-state index is 0.0390. The maximum atomic E-state index is 14.7. The number of methoxy groups -OCH3 is 3. The van der Waals surface area contributed by atoms with E-state index >= 15 is 0 Å². The third kappa shape index (κ3) is 18.4. The number of primary amides is 1. The number of nitrogens with one attached hydrogen (secondary N) is 4. The Hall–Kier alpha value is -7.28. The summed E-state index contributed by atoms with van der Waals surface area (Å²) < 4.78 is 41.0. The van der Waals surface area contributed by atoms with Crippen LogP contribution in [0.5, 0.6) is 11.5 Å². The summed E-state index contributed by atoms with van der Waals surface area (Å²) >= 11 is 6.88. The standard InChI is InChI=1S/C64H90ClN7O17/c1-35(2)55(70-51(73)24-14-13-19-37(4)86-61(80)41-20-16-21-41)58(77)68-44(22-17-27-67-62(66)81)57(76)69-45-31-42(83-10)25-26-43(45)59(78)71(8)39(6)60(79)88-50-32-52(74)72(9)46-29-40(30-47(84-11)54(46)65)28-36(3)18-15-23-49(85-12)64(82)33-48(87-53(75)34-64)38(5)56-63(50,7)89-56/h15,18,23,25-26,29-31,35,37-39,41,44,48-50,55-56,82H,13-14,16-17,19-22,24,27-28,32-34H2,1-12H3,(H,68,77)(H,69,76)(H,70,73)(H3,66,67,81)/b23-15+,36-18+/t37?,38-,39+,44+,48+,49-,50+,55+,56+,63+,64-/m1/s1. The Kier molecular flexibility index (Phi) is 25.0. The molecule has 490 valence electrons. The summed E-state index contributed by atoms with van der Waals surface area (Å²) in [5.41, 5.74) is 3.98. The lowest BCUT2D eigenvalue weighted by atomic mass is 9.78. The van der Waals surface area contributed by atoms with Crippen molar-refractivity contribution >= 4 is 76.5 Å². The van der Waals surface area contributed by atoms with E-state index in [9.17, 15) is 48.3 Å². The summed E-state index contributed by atoms with van der Waals surface area (Å²) in [4.78, 5) is 125. The highest BCUT2D eigenvalue weighted by Crippen LogP contribution is 2.50. The zero-order valence-electron chi connectivity index (χ0n) is 53.2. The molecule has 1 saturated carbocycles. The Bertz CT molecular complexity index is 2990. The van der Waals surface area contributed by atoms with Crippen molar-refractivity contribution in [2.45, 2.75) is 192 Å². The van der Waals surface area contributed by atoms with Crippen LogP contribution in [0.3, 0.4) is 0 Å². The molecule has 3 heterocycles. The number of hydrogen-bond donors (Lipinski definition) is 6. The Labute approximate surface area is 525 Å². The van der Waals surface area contributed by atoms with Crippen LogP contribution in [0.1, 0.15) is 141 Å². The van der Waals surface area contributed by atoms with E-state index in [1.54, 1.807) is 52.0 Å². The van der Waals surface area contributed by atoms with E-state index in [0.717, 1.165) is 35.3 Å². The highest BCUT2D eigenvalue weighted by Gasteiger charge is 2.64. The van der Waals surface area contributed by atoms with Gasteiger partial charge in [0.1, 0.15) is 64.2 Å². The number of ether oxygens (including phenoxy) is 7. The zero-order chi connectivity index (χ0) is 65.7. The van der Waals surface area contributed by atoms with Crippen LogP contribution in [0.2, 0.25) is 5.02 Å². The van der Waals surface area contributed by atoms with Crippen molar-refractivity contribution in [3.8, 4) is 11.5 Å². The van der Waals surface area contributed by atoms with Crippen molar-refractivity contribution in [2.24, 2.45) is 23.5 Å². The maximum absolute atomic E-state index is 14.7. The van der Waals surface area contributed by atoms with Gasteiger partial charge in [0.15, 0.2) is 0 Å². The zero-order valence-corrected chi connectivity index (χ0v) is 54.0. The molecule has 2 aromatic carbocycles. The molecule has 1 unspecified atom stereocenters. The lowest BCUT2D eigenvalue weighted by Crippen LogP contribution is -2.54. The van der Waals surface area contributed by atoms with Crippen molar-refractivity contribution < 1.29 is 81.4 Å². The average Bonchev–Trinajstić information content (AvgIpc) is 1.72. The summed E-state index contributed by atoms with van der Waals surface area (Å²) in [5, 5.41) is 23.0. The van der Waals surface area contributed by atoms with Crippen molar-refractivity contribution in [2.75, 3.05) is 52.2 Å². The molecule has 4 bridgehead atoms. The molecular weight excluding hydrogens is 1170 g/mol. The fourth-order valence-corrected chi connectivity index (χ4v) is 11.6. The molecule has 1 aliphatic carbocycles. The lowest BCUT2D eigenvalue weighted by Gasteiger charge is -2.41. The Balaban J connectivity index is 1.22. The van der Waals surface area contributed by atoms with Gasteiger partial charge < -0.3 is 75.1 Å². The number of rotatable bonds is 24. The van der Waals surface area contributed by atoms with Crippen LogP contribution in [-0.2, 0) is 63.7 Å². The number of urea groups is 1. The van der Waals surface area contributed by atoms with E-state index in [2.05, 4.69) is 21.3 Å². The summed E-state index contributed by atoms with van der Waals surface area (Å²) in [6.45, 7) is 12.1. The van der Waals surface area contributed by atoms with Crippen molar-refractivity contribution in [3.63, 3.8) is 0 Å². The molecule has 7 N–H and O–H groups in total. The molecule has 25 heteroatoms. The molecule has 24 nitrogen and oxygen atoms in total. The van der Waals surface area contributed by atoms with Gasteiger partial charge in [0.05, 0.1) is 62.1 Å². The molecule has 0 aromatic heterocycles. The van der Waals surface area contributed by atoms with Crippen LogP contribution >= 0.6 is 11.6 Å². The number of carbonyl (C=O) groups excluding carboxylic acids is 9. The number of unbranched alkanes of at least 4 members (excludes halogenated alkanes) is 1. The van der Waals surface area contributed by atoms with Crippen LogP contribution < -0.4 is 41.4 Å². The predicted molar refractivity (Wildman–Crippen MR) is 330 cm³/mol. The first-order valence-corrected chi connectivity index (χ1v) is 30.8. The molecule has 2 saturated heterocycles. The van der Waals surface area contributed by atoms with E-state index in [-0.39, 0.29) is 78.7 Å². The molecule has 3 fully saturated rings. The number of likely N-dealkylation sites (N-methyl/N-ethyl adjacent to an activating group) is 1. The van der Waals surface area contributed by atoms with Crippen LogP contribution in [0, 0.1) is 17.8 Å². The second-order valence-electron chi connectivity index (χ2n) is 24.4. The first-order valence-electron chi connectivity index (χ1n) is 30.4. The van der Waals surface area contributed by atoms with Gasteiger partial charge >= 0.3 is 23.9 Å². The Morgan fingerprint density at radius 1 is 0.955 bits per heavy atom. The van der Waals surface area contributed by atoms with Crippen LogP contribution in [0.15, 0.2) is 54.1 Å². The Morgan fingerprint density at radius 3 is 2.31 bits per heavy atom. The number of benzene rings is 2. The molecular formula is C64H90ClN7O17. The second kappa shape index (κ2) is 31.4. The van der Waals surface area contributed by atoms with E-state index < -0.39 is 120 Å². The number of fused-ring (bicyclic) bond motifs is 5. The molecule has 11 atom stereocenters. The highest BCUT2D eigenvalue weighted by atomic mass is 35.5. The number of epoxide rings is 1. The minimum Gasteiger partial charge on any atom is -0.497 e. The van der Waals surface area contributed by atoms with Gasteiger partial charge in [-0.2, -0.15) is 0 Å². The topological polar surface area (TPSA) is 322 Å². The summed E-state index contributed by atoms with van der Waals surface area (Å²) in [6.07, 6.45) is 5.07. The van der Waals surface area contributed by atoms with Crippen LogP contribution in [0.25, 0.3) is 0 Å². The van der Waals surface area contributed by atoms with Gasteiger partial charge in [-0.25, -0.2) is 9.59 Å². The van der Waals surface area contributed by atoms with Crippen molar-refractivity contribution in [1.82, 2.24) is 20.9 Å². The number of nitrogens with zero attached hydrogens (tertiary/aromatic N) is 2. The van der Waals surface area contributed by atoms with Gasteiger partial charge in [-0.1, -0.05) is 62.6 Å².